The van der Waals surface area contributed by atoms with Crippen molar-refractivity contribution in [2.45, 2.75) is 32.6 Å². The summed E-state index contributed by atoms with van der Waals surface area (Å²) in [7, 11) is 0.0224. The van der Waals surface area contributed by atoms with E-state index < -0.39 is 0 Å². The first-order chi connectivity index (χ1) is 11.6. The summed E-state index contributed by atoms with van der Waals surface area (Å²) in [5, 5.41) is 2.80. The van der Waals surface area contributed by atoms with Gasteiger partial charge in [0.2, 0.25) is 0 Å². The normalized spacial score (nSPS) is 12.1. The Bertz CT molecular complexity index is 950. The quantitative estimate of drug-likeness (QED) is 0.343. The zero-order valence-electron chi connectivity index (χ0n) is 14.5. The third-order valence-electron chi connectivity index (χ3n) is 5.26. The predicted molar refractivity (Wildman–Crippen MR) is 109 cm³/mol. The van der Waals surface area contributed by atoms with E-state index in [1.165, 1.54) is 30.6 Å². The molecule has 120 valence electrons. The van der Waals surface area contributed by atoms with Crippen LogP contribution in [0.1, 0.15) is 32.8 Å². The van der Waals surface area contributed by atoms with Crippen molar-refractivity contribution in [2.75, 3.05) is 0 Å². The second-order valence-corrected chi connectivity index (χ2v) is 9.02. The maximum Gasteiger partial charge on any atom is 0.187 e. The van der Waals surface area contributed by atoms with Crippen LogP contribution in [0.5, 0.6) is 0 Å². The van der Waals surface area contributed by atoms with Gasteiger partial charge in [0.1, 0.15) is 0 Å². The van der Waals surface area contributed by atoms with E-state index in [0.29, 0.717) is 0 Å². The van der Waals surface area contributed by atoms with Crippen LogP contribution in [0.4, 0.5) is 0 Å². The van der Waals surface area contributed by atoms with Crippen LogP contribution in [-0.2, 0) is 5.41 Å². The number of fused-ring (bicyclic) bond motifs is 3. The van der Waals surface area contributed by atoms with Gasteiger partial charge in [0.05, 0.1) is 0 Å². The molecular formula is C23H23S+. The first kappa shape index (κ1) is 15.4. The number of rotatable bonds is 3. The van der Waals surface area contributed by atoms with Gasteiger partial charge in [-0.05, 0) is 53.8 Å². The summed E-state index contributed by atoms with van der Waals surface area (Å²) in [4.78, 5) is 1.42. The minimum Gasteiger partial charge on any atom is -0.0646 e. The van der Waals surface area contributed by atoms with Gasteiger partial charge in [-0.15, -0.1) is 0 Å². The highest BCUT2D eigenvalue weighted by Crippen LogP contribution is 2.48. The number of hydrogen-bond donors (Lipinski definition) is 0. The molecule has 0 spiro atoms. The van der Waals surface area contributed by atoms with Gasteiger partial charge in [0.15, 0.2) is 14.3 Å². The largest absolute Gasteiger partial charge is 0.187 e. The first-order valence-corrected chi connectivity index (χ1v) is 9.87. The lowest BCUT2D eigenvalue weighted by atomic mass is 9.82. The molecule has 0 fully saturated rings. The predicted octanol–water partition coefficient (Wildman–Crippen LogP) is 7.42. The maximum absolute atomic E-state index is 2.34. The maximum atomic E-state index is 2.34. The molecule has 0 N–H and O–H groups in total. The number of thiophene rings is 1. The van der Waals surface area contributed by atoms with Crippen LogP contribution in [0, 0.1) is 0 Å². The van der Waals surface area contributed by atoms with Crippen LogP contribution in [-0.4, -0.2) is 0 Å². The van der Waals surface area contributed by atoms with E-state index >= 15 is 0 Å². The molecule has 4 rings (SSSR count). The Morgan fingerprint density at radius 3 is 1.71 bits per heavy atom. The van der Waals surface area contributed by atoms with Crippen molar-refractivity contribution in [3.05, 3.63) is 78.4 Å². The molecule has 0 nitrogen and oxygen atoms in total. The molecule has 0 aliphatic carbocycles. The second kappa shape index (κ2) is 5.75. The molecule has 1 aromatic heterocycles. The van der Waals surface area contributed by atoms with Crippen LogP contribution in [0.25, 0.3) is 25.1 Å². The van der Waals surface area contributed by atoms with Crippen molar-refractivity contribution >= 4 is 30.6 Å². The van der Waals surface area contributed by atoms with Gasteiger partial charge in [-0.2, -0.15) is 0 Å². The summed E-state index contributed by atoms with van der Waals surface area (Å²) in [6.07, 6.45) is 1.16. The fourth-order valence-electron chi connectivity index (χ4n) is 3.35. The van der Waals surface area contributed by atoms with Gasteiger partial charge in [-0.1, -0.05) is 57.2 Å². The monoisotopic (exact) mass is 331 g/mol. The van der Waals surface area contributed by atoms with Gasteiger partial charge in [-0.25, -0.2) is 0 Å². The van der Waals surface area contributed by atoms with E-state index in [1.54, 1.807) is 0 Å². The van der Waals surface area contributed by atoms with Gasteiger partial charge in [0.25, 0.3) is 0 Å². The van der Waals surface area contributed by atoms with Crippen LogP contribution >= 0.6 is 10.5 Å². The van der Waals surface area contributed by atoms with Crippen LogP contribution in [0.3, 0.4) is 0 Å². The fraction of sp³-hybridized carbons (Fsp3) is 0.217. The molecule has 0 saturated heterocycles. The zero-order chi connectivity index (χ0) is 16.7. The highest BCUT2D eigenvalue weighted by atomic mass is 32.2. The SMILES string of the molecule is CCC(C)(C)c1ccc(-[s+]2c3ccccc3c3ccccc32)cc1. The standard InChI is InChI=1S/C23H23S/c1-4-23(2,3)17-13-15-18(16-14-17)24-21-11-7-5-9-19(21)20-10-6-8-12-22(20)24/h5-16H,4H2,1-3H3/q+1. The molecule has 0 aliphatic heterocycles. The molecule has 0 bridgehead atoms. The lowest BCUT2D eigenvalue weighted by Gasteiger charge is -2.22. The van der Waals surface area contributed by atoms with Crippen LogP contribution < -0.4 is 0 Å². The molecule has 0 atom stereocenters. The van der Waals surface area contributed by atoms with Crippen LogP contribution in [0.2, 0.25) is 0 Å². The summed E-state index contributed by atoms with van der Waals surface area (Å²) in [6.45, 7) is 6.91. The molecule has 1 heteroatoms. The summed E-state index contributed by atoms with van der Waals surface area (Å²) in [6, 6.07) is 27.1. The van der Waals surface area contributed by atoms with Crippen molar-refractivity contribution in [1.82, 2.24) is 0 Å². The molecule has 3 aromatic carbocycles. The van der Waals surface area contributed by atoms with Gasteiger partial charge >= 0.3 is 0 Å². The Labute approximate surface area is 146 Å². The number of benzene rings is 3. The van der Waals surface area contributed by atoms with E-state index in [2.05, 4.69) is 93.6 Å². The van der Waals surface area contributed by atoms with Crippen molar-refractivity contribution in [3.63, 3.8) is 0 Å². The Balaban J connectivity index is 1.96. The van der Waals surface area contributed by atoms with Crippen molar-refractivity contribution < 1.29 is 0 Å². The van der Waals surface area contributed by atoms with Crippen LogP contribution in [0.15, 0.2) is 72.8 Å². The molecule has 0 saturated carbocycles. The lowest BCUT2D eigenvalue weighted by Crippen LogP contribution is -2.14. The second-order valence-electron chi connectivity index (χ2n) is 7.06. The van der Waals surface area contributed by atoms with Gasteiger partial charge in [0, 0.05) is 21.2 Å². The molecule has 24 heavy (non-hydrogen) atoms. The zero-order valence-corrected chi connectivity index (χ0v) is 15.4. The van der Waals surface area contributed by atoms with Crippen molar-refractivity contribution in [2.24, 2.45) is 0 Å². The Hall–Kier alpha value is -2.12. The Morgan fingerprint density at radius 1 is 0.708 bits per heavy atom. The van der Waals surface area contributed by atoms with E-state index in [0.717, 1.165) is 6.42 Å². The minimum absolute atomic E-state index is 0.0224. The van der Waals surface area contributed by atoms with E-state index in [1.807, 2.05) is 0 Å². The summed E-state index contributed by atoms with van der Waals surface area (Å²) < 4.78 is 2.92. The molecular weight excluding hydrogens is 308 g/mol. The average molecular weight is 332 g/mol. The molecule has 0 amide bonds. The summed E-state index contributed by atoms with van der Waals surface area (Å²) >= 11 is 0. The van der Waals surface area contributed by atoms with Crippen molar-refractivity contribution in [1.29, 1.82) is 0 Å². The highest BCUT2D eigenvalue weighted by Gasteiger charge is 2.24. The van der Waals surface area contributed by atoms with E-state index in [4.69, 9.17) is 0 Å². The lowest BCUT2D eigenvalue weighted by molar-refractivity contribution is 0.506. The topological polar surface area (TPSA) is 0 Å². The number of hydrogen-bond acceptors (Lipinski definition) is 0. The Kier molecular flexibility index (Phi) is 3.69. The molecule has 4 aromatic rings. The molecule has 1 heterocycles. The molecule has 0 unspecified atom stereocenters. The highest BCUT2D eigenvalue weighted by molar-refractivity contribution is 7.50. The third kappa shape index (κ3) is 2.35. The van der Waals surface area contributed by atoms with Gasteiger partial charge in [-0.3, -0.25) is 0 Å². The first-order valence-electron chi connectivity index (χ1n) is 8.65. The molecule has 0 aliphatic rings. The van der Waals surface area contributed by atoms with Crippen molar-refractivity contribution in [3.8, 4) is 4.90 Å². The van der Waals surface area contributed by atoms with E-state index in [-0.39, 0.29) is 15.9 Å². The smallest absolute Gasteiger partial charge is 0.0646 e. The Morgan fingerprint density at radius 2 is 1.21 bits per heavy atom. The van der Waals surface area contributed by atoms with Gasteiger partial charge < -0.3 is 0 Å². The summed E-state index contributed by atoms with van der Waals surface area (Å²) in [5.74, 6) is 0. The molecule has 0 radical (unpaired) electrons. The fourth-order valence-corrected chi connectivity index (χ4v) is 5.73. The third-order valence-corrected chi connectivity index (χ3v) is 7.59. The summed E-state index contributed by atoms with van der Waals surface area (Å²) in [5.41, 5.74) is 1.67. The average Bonchev–Trinajstić information content (AvgIpc) is 2.96. The van der Waals surface area contributed by atoms with E-state index in [9.17, 15) is 0 Å². The minimum atomic E-state index is 0.0224.